The predicted octanol–water partition coefficient (Wildman–Crippen LogP) is 11.0. The smallest absolute Gasteiger partial charge is 0.0616 e. The highest BCUT2D eigenvalue weighted by Crippen LogP contribution is 2.58. The summed E-state index contributed by atoms with van der Waals surface area (Å²) in [5.74, 6) is 0. The van der Waals surface area contributed by atoms with Gasteiger partial charge < -0.3 is 0 Å². The highest BCUT2D eigenvalue weighted by Gasteiger charge is 2.46. The van der Waals surface area contributed by atoms with E-state index in [4.69, 9.17) is 0 Å². The maximum absolute atomic E-state index is 2.46. The molecule has 0 N–H and O–H groups in total. The van der Waals surface area contributed by atoms with Gasteiger partial charge in [0.25, 0.3) is 0 Å². The number of hydrogen-bond donors (Lipinski definition) is 0. The first-order chi connectivity index (χ1) is 20.7. The van der Waals surface area contributed by atoms with Crippen LogP contribution in [0.2, 0.25) is 0 Å². The maximum Gasteiger partial charge on any atom is 0.0714 e. The summed E-state index contributed by atoms with van der Waals surface area (Å²) in [6.07, 6.45) is 0. The highest BCUT2D eigenvalue weighted by atomic mass is 14.5. The molecule has 0 fully saturated rings. The average molecular weight is 533 g/mol. The van der Waals surface area contributed by atoms with Gasteiger partial charge in [0.15, 0.2) is 0 Å². The molecule has 0 amide bonds. The second-order valence-electron chi connectivity index (χ2n) is 11.9. The fourth-order valence-electron chi connectivity index (χ4n) is 7.50. The van der Waals surface area contributed by atoms with Gasteiger partial charge in [-0.05, 0) is 120 Å². The van der Waals surface area contributed by atoms with Crippen molar-refractivity contribution in [2.45, 2.75) is 12.3 Å². The molecule has 9 rings (SSSR count). The minimum Gasteiger partial charge on any atom is -0.0616 e. The Labute approximate surface area is 245 Å². The van der Waals surface area contributed by atoms with E-state index < -0.39 is 5.41 Å². The molecule has 0 nitrogen and oxygen atoms in total. The fourth-order valence-corrected chi connectivity index (χ4v) is 7.50. The van der Waals surface area contributed by atoms with Gasteiger partial charge in [0.05, 0.1) is 5.41 Å². The zero-order chi connectivity index (χ0) is 27.8. The highest BCUT2D eigenvalue weighted by molar-refractivity contribution is 6.01. The largest absolute Gasteiger partial charge is 0.0714 e. The van der Waals surface area contributed by atoms with Gasteiger partial charge in [-0.15, -0.1) is 0 Å². The van der Waals surface area contributed by atoms with Crippen molar-refractivity contribution in [1.82, 2.24) is 0 Å². The molecule has 0 spiro atoms. The van der Waals surface area contributed by atoms with E-state index in [1.165, 1.54) is 82.0 Å². The third kappa shape index (κ3) is 3.24. The molecular formula is C42H28. The van der Waals surface area contributed by atoms with E-state index in [9.17, 15) is 0 Å². The lowest BCUT2D eigenvalue weighted by molar-refractivity contribution is 0.773. The number of fused-ring (bicyclic) bond motifs is 7. The van der Waals surface area contributed by atoms with Crippen LogP contribution < -0.4 is 0 Å². The summed E-state index contributed by atoms with van der Waals surface area (Å²) in [6, 6.07) is 57.1. The summed E-state index contributed by atoms with van der Waals surface area (Å²) in [7, 11) is 0. The molecule has 1 aliphatic carbocycles. The molecule has 0 radical (unpaired) electrons. The first-order valence-electron chi connectivity index (χ1n) is 14.8. The van der Waals surface area contributed by atoms with Gasteiger partial charge in [-0.25, -0.2) is 0 Å². The Kier molecular flexibility index (Phi) is 4.84. The Morgan fingerprint density at radius 3 is 1.26 bits per heavy atom. The Morgan fingerprint density at radius 2 is 0.714 bits per heavy atom. The van der Waals surface area contributed by atoms with Gasteiger partial charge in [0.1, 0.15) is 0 Å². The van der Waals surface area contributed by atoms with Gasteiger partial charge >= 0.3 is 0 Å². The molecule has 0 saturated heterocycles. The summed E-state index contributed by atoms with van der Waals surface area (Å²) in [4.78, 5) is 0. The molecule has 0 bridgehead atoms. The number of rotatable bonds is 2. The Bertz CT molecular complexity index is 2290. The van der Waals surface area contributed by atoms with Crippen molar-refractivity contribution in [1.29, 1.82) is 0 Å². The van der Waals surface area contributed by atoms with Gasteiger partial charge in [0.2, 0.25) is 0 Å². The topological polar surface area (TPSA) is 0 Å². The van der Waals surface area contributed by atoms with Gasteiger partial charge in [-0.2, -0.15) is 0 Å². The van der Waals surface area contributed by atoms with Crippen molar-refractivity contribution in [3.8, 4) is 11.1 Å². The SMILES string of the molecule is Cc1ccc2cc(C3(c4ccc5ccccc5c4)c4cc5ccccc5cc4-c4cc5ccccc5cc43)ccc2c1. The van der Waals surface area contributed by atoms with Crippen LogP contribution in [-0.4, -0.2) is 0 Å². The molecule has 0 atom stereocenters. The number of hydrogen-bond acceptors (Lipinski definition) is 0. The number of aryl methyl sites for hydroxylation is 1. The van der Waals surface area contributed by atoms with E-state index >= 15 is 0 Å². The second-order valence-corrected chi connectivity index (χ2v) is 11.9. The van der Waals surface area contributed by atoms with E-state index in [1.54, 1.807) is 0 Å². The van der Waals surface area contributed by atoms with E-state index in [1.807, 2.05) is 0 Å². The molecule has 0 heteroatoms. The van der Waals surface area contributed by atoms with Crippen LogP contribution in [-0.2, 0) is 5.41 Å². The van der Waals surface area contributed by atoms with Crippen LogP contribution >= 0.6 is 0 Å². The van der Waals surface area contributed by atoms with Gasteiger partial charge in [-0.3, -0.25) is 0 Å². The Morgan fingerprint density at radius 1 is 0.333 bits per heavy atom. The lowest BCUT2D eigenvalue weighted by Crippen LogP contribution is -2.28. The molecule has 8 aromatic carbocycles. The third-order valence-electron chi connectivity index (χ3n) is 9.48. The summed E-state index contributed by atoms with van der Waals surface area (Å²) >= 11 is 0. The lowest BCUT2D eigenvalue weighted by Gasteiger charge is -2.34. The zero-order valence-corrected chi connectivity index (χ0v) is 23.4. The van der Waals surface area contributed by atoms with E-state index in [0.717, 1.165) is 0 Å². The van der Waals surface area contributed by atoms with Crippen molar-refractivity contribution in [2.75, 3.05) is 0 Å². The number of benzene rings is 8. The fraction of sp³-hybridized carbons (Fsp3) is 0.0476. The summed E-state index contributed by atoms with van der Waals surface area (Å²) < 4.78 is 0. The predicted molar refractivity (Wildman–Crippen MR) is 179 cm³/mol. The van der Waals surface area contributed by atoms with Crippen LogP contribution in [0.5, 0.6) is 0 Å². The zero-order valence-electron chi connectivity index (χ0n) is 23.4. The molecular weight excluding hydrogens is 504 g/mol. The van der Waals surface area contributed by atoms with Gasteiger partial charge in [0, 0.05) is 0 Å². The maximum atomic E-state index is 2.46. The molecule has 42 heavy (non-hydrogen) atoms. The minimum atomic E-state index is -0.470. The van der Waals surface area contributed by atoms with Crippen LogP contribution in [0.3, 0.4) is 0 Å². The van der Waals surface area contributed by atoms with Crippen molar-refractivity contribution < 1.29 is 0 Å². The minimum absolute atomic E-state index is 0.470. The lowest BCUT2D eigenvalue weighted by atomic mass is 9.66. The first kappa shape index (κ1) is 23.5. The standard InChI is InChI=1S/C42H28/c1-27-14-15-35-22-37(19-17-34(35)20-27)42(36-18-16-28-8-2-3-9-29(28)21-36)40-25-32-12-6-4-10-30(32)23-38(40)39-24-31-11-5-7-13-33(31)26-41(39)42/h2-26H,1H3. The summed E-state index contributed by atoms with van der Waals surface area (Å²) in [5.41, 5.74) is 8.79. The van der Waals surface area contributed by atoms with Crippen LogP contribution in [0.25, 0.3) is 54.2 Å². The van der Waals surface area contributed by atoms with Crippen LogP contribution in [0.4, 0.5) is 0 Å². The summed E-state index contributed by atoms with van der Waals surface area (Å²) in [6.45, 7) is 2.17. The van der Waals surface area contributed by atoms with Crippen LogP contribution in [0.1, 0.15) is 27.8 Å². The summed E-state index contributed by atoms with van der Waals surface area (Å²) in [5, 5.41) is 10.2. The Balaban J connectivity index is 1.49. The monoisotopic (exact) mass is 532 g/mol. The Hall–Kier alpha value is -5.20. The molecule has 8 aromatic rings. The average Bonchev–Trinajstić information content (AvgIpc) is 3.31. The van der Waals surface area contributed by atoms with Crippen LogP contribution in [0, 0.1) is 6.92 Å². The van der Waals surface area contributed by atoms with Gasteiger partial charge in [-0.1, -0.05) is 121 Å². The second kappa shape index (κ2) is 8.65. The van der Waals surface area contributed by atoms with Crippen LogP contribution in [0.15, 0.2) is 152 Å². The first-order valence-corrected chi connectivity index (χ1v) is 14.8. The van der Waals surface area contributed by atoms with E-state index in [0.29, 0.717) is 0 Å². The van der Waals surface area contributed by atoms with Crippen molar-refractivity contribution >= 4 is 43.1 Å². The molecule has 196 valence electrons. The molecule has 0 saturated carbocycles. The van der Waals surface area contributed by atoms with E-state index in [2.05, 4.69) is 159 Å². The van der Waals surface area contributed by atoms with Crippen molar-refractivity contribution in [3.63, 3.8) is 0 Å². The molecule has 1 aliphatic rings. The molecule has 0 aliphatic heterocycles. The van der Waals surface area contributed by atoms with E-state index in [-0.39, 0.29) is 0 Å². The molecule has 0 aromatic heterocycles. The molecule has 0 heterocycles. The normalized spacial score (nSPS) is 13.5. The molecule has 0 unspecified atom stereocenters. The van der Waals surface area contributed by atoms with Crippen molar-refractivity contribution in [2.24, 2.45) is 0 Å². The quantitative estimate of drug-likeness (QED) is 0.208. The third-order valence-corrected chi connectivity index (χ3v) is 9.48. The van der Waals surface area contributed by atoms with Crippen molar-refractivity contribution in [3.05, 3.63) is 179 Å².